The van der Waals surface area contributed by atoms with E-state index in [2.05, 4.69) is 11.8 Å². The summed E-state index contributed by atoms with van der Waals surface area (Å²) in [5, 5.41) is 9.82. The van der Waals surface area contributed by atoms with Crippen LogP contribution in [0, 0.1) is 0 Å². The smallest absolute Gasteiger partial charge is 0.0900 e. The monoisotopic (exact) mass is 249 g/mol. The molecule has 0 bridgehead atoms. The first-order valence-electron chi connectivity index (χ1n) is 6.13. The van der Waals surface area contributed by atoms with Crippen molar-refractivity contribution in [3.05, 3.63) is 0 Å². The third-order valence-corrected chi connectivity index (χ3v) is 2.57. The lowest BCUT2D eigenvalue weighted by atomic mass is 10.2. The fourth-order valence-electron chi connectivity index (χ4n) is 1.62. The van der Waals surface area contributed by atoms with Crippen molar-refractivity contribution in [2.24, 2.45) is 0 Å². The zero-order valence-corrected chi connectivity index (χ0v) is 11.5. The van der Waals surface area contributed by atoms with E-state index in [1.165, 1.54) is 0 Å². The van der Waals surface area contributed by atoms with Gasteiger partial charge in [-0.1, -0.05) is 0 Å². The van der Waals surface area contributed by atoms with Crippen LogP contribution in [0.15, 0.2) is 0 Å². The molecule has 0 radical (unpaired) electrons. The lowest BCUT2D eigenvalue weighted by Gasteiger charge is -2.30. The number of ether oxygens (including phenoxy) is 3. The third kappa shape index (κ3) is 8.51. The summed E-state index contributed by atoms with van der Waals surface area (Å²) in [6.07, 6.45) is -0.467. The van der Waals surface area contributed by atoms with Crippen LogP contribution in [0.3, 0.4) is 0 Å². The van der Waals surface area contributed by atoms with E-state index < -0.39 is 6.10 Å². The summed E-state index contributed by atoms with van der Waals surface area (Å²) in [5.41, 5.74) is 0. The minimum atomic E-state index is -0.467. The minimum Gasteiger partial charge on any atom is -0.389 e. The fraction of sp³-hybridized carbons (Fsp3) is 1.00. The largest absolute Gasteiger partial charge is 0.389 e. The first-order valence-corrected chi connectivity index (χ1v) is 6.13. The van der Waals surface area contributed by atoms with Crippen LogP contribution >= 0.6 is 0 Å². The summed E-state index contributed by atoms with van der Waals surface area (Å²) in [5.74, 6) is 0. The van der Waals surface area contributed by atoms with Crippen LogP contribution in [0.1, 0.15) is 13.8 Å². The molecule has 0 spiro atoms. The highest BCUT2D eigenvalue weighted by Crippen LogP contribution is 2.02. The Kier molecular flexibility index (Phi) is 10.8. The molecule has 2 atom stereocenters. The topological polar surface area (TPSA) is 51.2 Å². The van der Waals surface area contributed by atoms with E-state index in [1.54, 1.807) is 14.2 Å². The Labute approximate surface area is 105 Å². The van der Waals surface area contributed by atoms with Crippen molar-refractivity contribution in [2.75, 3.05) is 53.7 Å². The summed E-state index contributed by atoms with van der Waals surface area (Å²) in [6, 6.07) is 0.256. The molecule has 0 aromatic rings. The van der Waals surface area contributed by atoms with Crippen LogP contribution in [0.25, 0.3) is 0 Å². The van der Waals surface area contributed by atoms with Gasteiger partial charge in [-0.2, -0.15) is 0 Å². The van der Waals surface area contributed by atoms with Crippen LogP contribution in [0.4, 0.5) is 0 Å². The molecule has 0 rings (SSSR count). The molecule has 5 nitrogen and oxygen atoms in total. The second-order valence-electron chi connectivity index (χ2n) is 4.11. The molecule has 0 aromatic carbocycles. The highest BCUT2D eigenvalue weighted by atomic mass is 16.5. The van der Waals surface area contributed by atoms with Crippen molar-refractivity contribution in [3.63, 3.8) is 0 Å². The second kappa shape index (κ2) is 10.9. The lowest BCUT2D eigenvalue weighted by Crippen LogP contribution is -2.44. The van der Waals surface area contributed by atoms with Gasteiger partial charge >= 0.3 is 0 Å². The van der Waals surface area contributed by atoms with E-state index in [4.69, 9.17) is 14.2 Å². The lowest BCUT2D eigenvalue weighted by molar-refractivity contribution is -0.00204. The molecule has 5 heteroatoms. The fourth-order valence-corrected chi connectivity index (χ4v) is 1.62. The number of hydrogen-bond acceptors (Lipinski definition) is 5. The van der Waals surface area contributed by atoms with Crippen molar-refractivity contribution in [3.8, 4) is 0 Å². The predicted octanol–water partition coefficient (Wildman–Crippen LogP) is 0.367. The van der Waals surface area contributed by atoms with Gasteiger partial charge in [-0.25, -0.2) is 0 Å². The van der Waals surface area contributed by atoms with E-state index in [-0.39, 0.29) is 6.04 Å². The zero-order chi connectivity index (χ0) is 13.1. The first-order chi connectivity index (χ1) is 8.15. The molecule has 0 aliphatic rings. The van der Waals surface area contributed by atoms with Gasteiger partial charge in [-0.05, 0) is 13.8 Å². The quantitative estimate of drug-likeness (QED) is 0.573. The van der Waals surface area contributed by atoms with Gasteiger partial charge in [0.15, 0.2) is 0 Å². The summed E-state index contributed by atoms with van der Waals surface area (Å²) >= 11 is 0. The molecule has 1 N–H and O–H groups in total. The van der Waals surface area contributed by atoms with Crippen molar-refractivity contribution in [1.82, 2.24) is 4.90 Å². The number of methoxy groups -OCH3 is 2. The Hall–Kier alpha value is -0.200. The van der Waals surface area contributed by atoms with Crippen molar-refractivity contribution < 1.29 is 19.3 Å². The van der Waals surface area contributed by atoms with E-state index >= 15 is 0 Å². The predicted molar refractivity (Wildman–Crippen MR) is 67.3 cm³/mol. The van der Waals surface area contributed by atoms with Crippen LogP contribution in [-0.2, 0) is 14.2 Å². The van der Waals surface area contributed by atoms with E-state index in [1.807, 2.05) is 6.92 Å². The Balaban J connectivity index is 4.06. The van der Waals surface area contributed by atoms with Crippen LogP contribution < -0.4 is 0 Å². The zero-order valence-electron chi connectivity index (χ0n) is 11.5. The number of hydrogen-bond donors (Lipinski definition) is 1. The molecule has 0 aromatic heterocycles. The third-order valence-electron chi connectivity index (χ3n) is 2.57. The molecule has 17 heavy (non-hydrogen) atoms. The van der Waals surface area contributed by atoms with Gasteiger partial charge in [0.2, 0.25) is 0 Å². The van der Waals surface area contributed by atoms with Gasteiger partial charge in [0.25, 0.3) is 0 Å². The average molecular weight is 249 g/mol. The maximum atomic E-state index is 9.82. The van der Waals surface area contributed by atoms with E-state index in [0.717, 1.165) is 6.54 Å². The van der Waals surface area contributed by atoms with Crippen LogP contribution in [0.2, 0.25) is 0 Å². The van der Waals surface area contributed by atoms with Gasteiger partial charge in [0, 0.05) is 40.0 Å². The highest BCUT2D eigenvalue weighted by molar-refractivity contribution is 4.70. The van der Waals surface area contributed by atoms with Gasteiger partial charge < -0.3 is 19.3 Å². The number of nitrogens with zero attached hydrogens (tertiary/aromatic N) is 1. The normalized spacial score (nSPS) is 15.2. The molecule has 104 valence electrons. The van der Waals surface area contributed by atoms with E-state index in [9.17, 15) is 5.11 Å². The highest BCUT2D eigenvalue weighted by Gasteiger charge is 2.17. The summed E-state index contributed by atoms with van der Waals surface area (Å²) < 4.78 is 15.4. The Bertz CT molecular complexity index is 169. The molecule has 0 aliphatic carbocycles. The maximum Gasteiger partial charge on any atom is 0.0900 e. The Morgan fingerprint density at radius 3 is 2.41 bits per heavy atom. The SMILES string of the molecule is CCOCC(O)CN(CCOC)C(C)COC. The van der Waals surface area contributed by atoms with Crippen molar-refractivity contribution in [2.45, 2.75) is 26.0 Å². The number of rotatable bonds is 11. The summed E-state index contributed by atoms with van der Waals surface area (Å²) in [6.45, 7) is 7.65. The molecule has 0 fully saturated rings. The molecule has 0 heterocycles. The Morgan fingerprint density at radius 1 is 1.18 bits per heavy atom. The standard InChI is InChI=1S/C12H27NO4/c1-5-17-10-12(14)8-13(6-7-15-3)11(2)9-16-4/h11-12,14H,5-10H2,1-4H3. The van der Waals surface area contributed by atoms with Gasteiger partial charge in [-0.3, -0.25) is 4.90 Å². The second-order valence-corrected chi connectivity index (χ2v) is 4.11. The molecule has 2 unspecified atom stereocenters. The van der Waals surface area contributed by atoms with Crippen LogP contribution in [-0.4, -0.2) is 75.9 Å². The molecule has 0 aliphatic heterocycles. The van der Waals surface area contributed by atoms with Gasteiger partial charge in [0.05, 0.1) is 25.9 Å². The minimum absolute atomic E-state index is 0.256. The number of aliphatic hydroxyl groups is 1. The maximum absolute atomic E-state index is 9.82. The average Bonchev–Trinajstić information content (AvgIpc) is 2.32. The van der Waals surface area contributed by atoms with Crippen molar-refractivity contribution >= 4 is 0 Å². The molecule has 0 saturated heterocycles. The summed E-state index contributed by atoms with van der Waals surface area (Å²) in [7, 11) is 3.36. The van der Waals surface area contributed by atoms with Gasteiger partial charge in [0.1, 0.15) is 0 Å². The summed E-state index contributed by atoms with van der Waals surface area (Å²) in [4.78, 5) is 2.15. The number of aliphatic hydroxyl groups excluding tert-OH is 1. The first kappa shape index (κ1) is 16.8. The molecule has 0 saturated carbocycles. The van der Waals surface area contributed by atoms with Crippen molar-refractivity contribution in [1.29, 1.82) is 0 Å². The molecular weight excluding hydrogens is 222 g/mol. The Morgan fingerprint density at radius 2 is 1.88 bits per heavy atom. The van der Waals surface area contributed by atoms with Gasteiger partial charge in [-0.15, -0.1) is 0 Å². The van der Waals surface area contributed by atoms with Crippen LogP contribution in [0.5, 0.6) is 0 Å². The van der Waals surface area contributed by atoms with E-state index in [0.29, 0.717) is 33.0 Å². The molecule has 0 amide bonds. The molecular formula is C12H27NO4.